The van der Waals surface area contributed by atoms with E-state index in [9.17, 15) is 9.90 Å². The molecule has 5 nitrogen and oxygen atoms in total. The molecule has 0 saturated carbocycles. The Morgan fingerprint density at radius 3 is 1.86 bits per heavy atom. The van der Waals surface area contributed by atoms with Gasteiger partial charge >= 0.3 is 5.97 Å². The van der Waals surface area contributed by atoms with Crippen LogP contribution >= 0.6 is 0 Å². The molecule has 1 aromatic carbocycles. The minimum atomic E-state index is -1.18. The van der Waals surface area contributed by atoms with Crippen molar-refractivity contribution in [2.75, 3.05) is 40.9 Å². The standard InChI is InChI=1S/C17H38NO.C7H6O3/c1-5-6-7-8-9-10-11-12-13-14-16-19-17-15-18(2,3)4;8-6-4-2-1-3-5(6)7(9)10/h5-17H2,1-4H3;1-4,8H,(H,9,10)/q+1;/p-1. The van der Waals surface area contributed by atoms with Gasteiger partial charge in [0.1, 0.15) is 6.54 Å². The van der Waals surface area contributed by atoms with Crippen LogP contribution in [0.25, 0.3) is 0 Å². The van der Waals surface area contributed by atoms with Crippen molar-refractivity contribution < 1.29 is 24.2 Å². The fourth-order valence-electron chi connectivity index (χ4n) is 2.78. The van der Waals surface area contributed by atoms with E-state index in [4.69, 9.17) is 9.84 Å². The number of quaternary nitrogens is 1. The largest absolute Gasteiger partial charge is 0.872 e. The predicted octanol–water partition coefficient (Wildman–Crippen LogP) is 5.09. The van der Waals surface area contributed by atoms with E-state index in [1.54, 1.807) is 0 Å². The zero-order chi connectivity index (χ0) is 22.0. The van der Waals surface area contributed by atoms with E-state index in [0.717, 1.165) is 24.2 Å². The molecular formula is C24H43NO4. The number of hydrogen-bond donors (Lipinski definition) is 1. The van der Waals surface area contributed by atoms with Gasteiger partial charge in [-0.1, -0.05) is 88.7 Å². The molecule has 0 spiro atoms. The van der Waals surface area contributed by atoms with Crippen molar-refractivity contribution in [3.8, 4) is 5.75 Å². The van der Waals surface area contributed by atoms with E-state index in [1.807, 2.05) is 0 Å². The maximum atomic E-state index is 10.7. The number of carbonyl (C=O) groups is 1. The lowest BCUT2D eigenvalue weighted by molar-refractivity contribution is -0.870. The van der Waals surface area contributed by atoms with E-state index in [2.05, 4.69) is 28.1 Å². The molecule has 0 aliphatic carbocycles. The fraction of sp³-hybridized carbons (Fsp3) is 0.708. The van der Waals surface area contributed by atoms with Gasteiger partial charge in [0, 0.05) is 6.61 Å². The summed E-state index contributed by atoms with van der Waals surface area (Å²) in [5.41, 5.74) is -0.178. The van der Waals surface area contributed by atoms with Crippen molar-refractivity contribution in [1.82, 2.24) is 0 Å². The smallest absolute Gasteiger partial charge is 0.335 e. The number of unbranched alkanes of at least 4 members (excludes halogenated alkanes) is 9. The van der Waals surface area contributed by atoms with Gasteiger partial charge in [0.25, 0.3) is 0 Å². The van der Waals surface area contributed by atoms with Crippen LogP contribution in [-0.2, 0) is 4.74 Å². The van der Waals surface area contributed by atoms with E-state index in [-0.39, 0.29) is 5.56 Å². The normalized spacial score (nSPS) is 11.0. The Hall–Kier alpha value is -1.59. The summed E-state index contributed by atoms with van der Waals surface area (Å²) in [6, 6.07) is 5.54. The van der Waals surface area contributed by atoms with Gasteiger partial charge in [-0.15, -0.1) is 0 Å². The molecule has 0 amide bonds. The molecule has 0 atom stereocenters. The SMILES string of the molecule is CCCCCCCCCCCCOCC[N+](C)(C)C.O=C(O)c1ccccc1[O-]. The summed E-state index contributed by atoms with van der Waals surface area (Å²) >= 11 is 0. The van der Waals surface area contributed by atoms with Crippen molar-refractivity contribution >= 4 is 5.97 Å². The summed E-state index contributed by atoms with van der Waals surface area (Å²) in [5.74, 6) is -1.62. The van der Waals surface area contributed by atoms with Gasteiger partial charge in [-0.25, -0.2) is 4.79 Å². The Kier molecular flexibility index (Phi) is 16.3. The molecule has 1 rings (SSSR count). The summed E-state index contributed by atoms with van der Waals surface area (Å²) in [7, 11) is 6.64. The van der Waals surface area contributed by atoms with Crippen molar-refractivity contribution in [2.24, 2.45) is 0 Å². The number of rotatable bonds is 15. The lowest BCUT2D eigenvalue weighted by Crippen LogP contribution is -2.37. The summed E-state index contributed by atoms with van der Waals surface area (Å²) in [4.78, 5) is 10.2. The van der Waals surface area contributed by atoms with Crippen LogP contribution in [0.2, 0.25) is 0 Å². The highest BCUT2D eigenvalue weighted by Gasteiger charge is 2.05. The molecule has 0 aromatic heterocycles. The Morgan fingerprint density at radius 1 is 0.897 bits per heavy atom. The molecule has 0 saturated heterocycles. The maximum absolute atomic E-state index is 10.7. The molecule has 0 heterocycles. The van der Waals surface area contributed by atoms with Crippen molar-refractivity contribution in [1.29, 1.82) is 0 Å². The number of carboxylic acid groups (broad SMARTS) is 1. The van der Waals surface area contributed by atoms with E-state index < -0.39 is 11.7 Å². The van der Waals surface area contributed by atoms with Gasteiger partial charge in [0.2, 0.25) is 0 Å². The number of aromatic carboxylic acids is 1. The Morgan fingerprint density at radius 2 is 1.41 bits per heavy atom. The molecule has 0 fully saturated rings. The second kappa shape index (κ2) is 17.3. The van der Waals surface area contributed by atoms with E-state index in [1.165, 1.54) is 88.5 Å². The summed E-state index contributed by atoms with van der Waals surface area (Å²) in [5, 5.41) is 19.0. The van der Waals surface area contributed by atoms with E-state index in [0.29, 0.717) is 0 Å². The first-order valence-electron chi connectivity index (χ1n) is 11.2. The predicted molar refractivity (Wildman–Crippen MR) is 118 cm³/mol. The molecule has 0 unspecified atom stereocenters. The number of hydrogen-bond acceptors (Lipinski definition) is 3. The molecule has 29 heavy (non-hydrogen) atoms. The average molecular weight is 410 g/mol. The molecule has 168 valence electrons. The van der Waals surface area contributed by atoms with Gasteiger partial charge in [-0.05, 0) is 12.5 Å². The van der Waals surface area contributed by atoms with Gasteiger partial charge in [0.05, 0.1) is 33.3 Å². The Labute approximate surface area is 178 Å². The molecule has 5 heteroatoms. The van der Waals surface area contributed by atoms with Crippen LogP contribution in [0.5, 0.6) is 5.75 Å². The monoisotopic (exact) mass is 409 g/mol. The zero-order valence-electron chi connectivity index (χ0n) is 19.1. The Bertz CT molecular complexity index is 526. The molecule has 0 radical (unpaired) electrons. The Balaban J connectivity index is 0.000000651. The topological polar surface area (TPSA) is 69.6 Å². The first kappa shape index (κ1) is 27.4. The first-order chi connectivity index (χ1) is 13.8. The van der Waals surface area contributed by atoms with Crippen LogP contribution in [0.1, 0.15) is 81.5 Å². The summed E-state index contributed by atoms with van der Waals surface area (Å²) in [6.45, 7) is 5.25. The maximum Gasteiger partial charge on any atom is 0.335 e. The van der Waals surface area contributed by atoms with E-state index >= 15 is 0 Å². The number of likely N-dealkylation sites (N-methyl/N-ethyl adjacent to an activating group) is 1. The second-order valence-corrected chi connectivity index (χ2v) is 8.61. The van der Waals surface area contributed by atoms with Gasteiger partial charge in [-0.2, -0.15) is 0 Å². The van der Waals surface area contributed by atoms with Crippen LogP contribution in [0.15, 0.2) is 24.3 Å². The number of ether oxygens (including phenoxy) is 1. The van der Waals surface area contributed by atoms with Crippen LogP contribution < -0.4 is 5.11 Å². The number of carboxylic acids is 1. The number of nitrogens with zero attached hydrogens (tertiary/aromatic N) is 1. The quantitative estimate of drug-likeness (QED) is 0.324. The van der Waals surface area contributed by atoms with Crippen LogP contribution in [0.3, 0.4) is 0 Å². The molecule has 1 N–H and O–H groups in total. The van der Waals surface area contributed by atoms with Crippen LogP contribution in [0, 0.1) is 0 Å². The second-order valence-electron chi connectivity index (χ2n) is 8.61. The highest BCUT2D eigenvalue weighted by atomic mass is 16.5. The van der Waals surface area contributed by atoms with Crippen molar-refractivity contribution in [3.63, 3.8) is 0 Å². The van der Waals surface area contributed by atoms with Crippen LogP contribution in [0.4, 0.5) is 0 Å². The van der Waals surface area contributed by atoms with Gasteiger partial charge in [0.15, 0.2) is 0 Å². The molecule has 0 aliphatic heterocycles. The minimum Gasteiger partial charge on any atom is -0.872 e. The molecule has 1 aromatic rings. The highest BCUT2D eigenvalue weighted by molar-refractivity contribution is 5.90. The minimum absolute atomic E-state index is 0.178. The van der Waals surface area contributed by atoms with Gasteiger partial charge in [-0.3, -0.25) is 0 Å². The van der Waals surface area contributed by atoms with Crippen LogP contribution in [-0.4, -0.2) is 56.5 Å². The number of benzene rings is 1. The third kappa shape index (κ3) is 18.2. The zero-order valence-corrected chi connectivity index (χ0v) is 19.1. The van der Waals surface area contributed by atoms with Crippen molar-refractivity contribution in [2.45, 2.75) is 71.1 Å². The third-order valence-electron chi connectivity index (χ3n) is 4.67. The van der Waals surface area contributed by atoms with Crippen molar-refractivity contribution in [3.05, 3.63) is 29.8 Å². The lowest BCUT2D eigenvalue weighted by atomic mass is 10.1. The summed E-state index contributed by atoms with van der Waals surface area (Å²) in [6.07, 6.45) is 14.0. The lowest BCUT2D eigenvalue weighted by Gasteiger charge is -2.23. The molecular weight excluding hydrogens is 366 g/mol. The highest BCUT2D eigenvalue weighted by Crippen LogP contribution is 2.11. The average Bonchev–Trinajstić information content (AvgIpc) is 2.65. The molecule has 0 aliphatic rings. The molecule has 0 bridgehead atoms. The summed E-state index contributed by atoms with van der Waals surface area (Å²) < 4.78 is 6.66. The first-order valence-corrected chi connectivity index (χ1v) is 11.2. The number of para-hydroxylation sites is 1. The van der Waals surface area contributed by atoms with Gasteiger partial charge < -0.3 is 19.4 Å². The fourth-order valence-corrected chi connectivity index (χ4v) is 2.78. The third-order valence-corrected chi connectivity index (χ3v) is 4.67.